The van der Waals surface area contributed by atoms with Crippen molar-refractivity contribution in [3.8, 4) is 5.75 Å². The van der Waals surface area contributed by atoms with Gasteiger partial charge < -0.3 is 15.4 Å². The van der Waals surface area contributed by atoms with Crippen molar-refractivity contribution in [2.24, 2.45) is 0 Å². The highest BCUT2D eigenvalue weighted by Gasteiger charge is 2.11. The molecule has 1 aromatic rings. The Hall–Kier alpha value is -2.04. The Bertz CT molecular complexity index is 387. The number of amides is 2. The number of nitrogens with one attached hydrogen (secondary N) is 2. The Morgan fingerprint density at radius 3 is 2.29 bits per heavy atom. The summed E-state index contributed by atoms with van der Waals surface area (Å²) in [4.78, 5) is 22.5. The highest BCUT2D eigenvalue weighted by molar-refractivity contribution is 6.39. The zero-order chi connectivity index (χ0) is 12.7. The van der Waals surface area contributed by atoms with Gasteiger partial charge in [0.05, 0.1) is 6.61 Å². The van der Waals surface area contributed by atoms with Crippen molar-refractivity contribution in [3.63, 3.8) is 0 Å². The fourth-order valence-corrected chi connectivity index (χ4v) is 1.23. The molecule has 2 N–H and O–H groups in total. The highest BCUT2D eigenvalue weighted by atomic mass is 16.5. The second-order valence-corrected chi connectivity index (χ2v) is 3.27. The predicted octanol–water partition coefficient (Wildman–Crippen LogP) is 1.16. The maximum absolute atomic E-state index is 11.4. The van der Waals surface area contributed by atoms with Crippen LogP contribution in [0.4, 0.5) is 5.69 Å². The van der Waals surface area contributed by atoms with Gasteiger partial charge in [0.1, 0.15) is 5.75 Å². The van der Waals surface area contributed by atoms with Crippen molar-refractivity contribution in [2.45, 2.75) is 13.8 Å². The van der Waals surface area contributed by atoms with Crippen LogP contribution in [0.5, 0.6) is 5.75 Å². The van der Waals surface area contributed by atoms with E-state index >= 15 is 0 Å². The van der Waals surface area contributed by atoms with Crippen molar-refractivity contribution in [3.05, 3.63) is 24.3 Å². The largest absolute Gasteiger partial charge is 0.494 e. The first-order valence-electron chi connectivity index (χ1n) is 5.49. The van der Waals surface area contributed by atoms with E-state index in [9.17, 15) is 9.59 Å². The molecule has 0 saturated carbocycles. The molecule has 0 aliphatic heterocycles. The lowest BCUT2D eigenvalue weighted by Crippen LogP contribution is -2.35. The first-order chi connectivity index (χ1) is 8.17. The molecular formula is C12H16N2O3. The maximum Gasteiger partial charge on any atom is 0.313 e. The molecule has 5 heteroatoms. The van der Waals surface area contributed by atoms with Crippen LogP contribution >= 0.6 is 0 Å². The standard InChI is InChI=1S/C12H16N2O3/c1-3-13-11(15)12(16)14-9-5-7-10(8-6-9)17-4-2/h5-8H,3-4H2,1-2H3,(H,13,15)(H,14,16). The van der Waals surface area contributed by atoms with Gasteiger partial charge in [-0.25, -0.2) is 0 Å². The van der Waals surface area contributed by atoms with Gasteiger partial charge in [-0.2, -0.15) is 0 Å². The maximum atomic E-state index is 11.4. The Morgan fingerprint density at radius 1 is 1.12 bits per heavy atom. The van der Waals surface area contributed by atoms with E-state index in [1.807, 2.05) is 6.92 Å². The Kier molecular flexibility index (Phi) is 5.00. The third-order valence-corrected chi connectivity index (χ3v) is 1.97. The normalized spacial score (nSPS) is 9.53. The number of hydrogen-bond donors (Lipinski definition) is 2. The van der Waals surface area contributed by atoms with E-state index in [1.54, 1.807) is 31.2 Å². The summed E-state index contributed by atoms with van der Waals surface area (Å²) >= 11 is 0. The van der Waals surface area contributed by atoms with Crippen LogP contribution in [-0.2, 0) is 9.59 Å². The van der Waals surface area contributed by atoms with Crippen molar-refractivity contribution in [1.82, 2.24) is 5.32 Å². The molecule has 1 rings (SSSR count). The monoisotopic (exact) mass is 236 g/mol. The minimum atomic E-state index is -0.670. The molecule has 0 radical (unpaired) electrons. The number of ether oxygens (including phenoxy) is 1. The van der Waals surface area contributed by atoms with Crippen LogP contribution in [0.25, 0.3) is 0 Å². The Morgan fingerprint density at radius 2 is 1.76 bits per heavy atom. The van der Waals surface area contributed by atoms with Crippen LogP contribution in [0.15, 0.2) is 24.3 Å². The summed E-state index contributed by atoms with van der Waals surface area (Å²) in [5.74, 6) is -0.582. The van der Waals surface area contributed by atoms with Crippen LogP contribution in [0.3, 0.4) is 0 Å². The zero-order valence-corrected chi connectivity index (χ0v) is 9.95. The van der Waals surface area contributed by atoms with Gasteiger partial charge >= 0.3 is 11.8 Å². The van der Waals surface area contributed by atoms with Crippen LogP contribution < -0.4 is 15.4 Å². The molecule has 0 aromatic heterocycles. The molecule has 0 aliphatic rings. The molecule has 0 saturated heterocycles. The van der Waals surface area contributed by atoms with Crippen molar-refractivity contribution < 1.29 is 14.3 Å². The smallest absolute Gasteiger partial charge is 0.313 e. The van der Waals surface area contributed by atoms with E-state index < -0.39 is 11.8 Å². The molecule has 0 atom stereocenters. The minimum Gasteiger partial charge on any atom is -0.494 e. The number of likely N-dealkylation sites (N-methyl/N-ethyl adjacent to an activating group) is 1. The van der Waals surface area contributed by atoms with E-state index in [0.29, 0.717) is 18.8 Å². The lowest BCUT2D eigenvalue weighted by molar-refractivity contribution is -0.136. The van der Waals surface area contributed by atoms with E-state index in [2.05, 4.69) is 10.6 Å². The molecule has 2 amide bonds. The highest BCUT2D eigenvalue weighted by Crippen LogP contribution is 2.15. The number of carbonyl (C=O) groups is 2. The molecule has 1 aromatic carbocycles. The molecule has 0 fully saturated rings. The topological polar surface area (TPSA) is 67.4 Å². The van der Waals surface area contributed by atoms with Crippen molar-refractivity contribution >= 4 is 17.5 Å². The van der Waals surface area contributed by atoms with Gasteiger partial charge in [-0.15, -0.1) is 0 Å². The number of rotatable bonds is 4. The molecule has 5 nitrogen and oxygen atoms in total. The number of hydrogen-bond acceptors (Lipinski definition) is 3. The lowest BCUT2D eigenvalue weighted by Gasteiger charge is -2.06. The van der Waals surface area contributed by atoms with Crippen LogP contribution in [0, 0.1) is 0 Å². The van der Waals surface area contributed by atoms with Crippen molar-refractivity contribution in [1.29, 1.82) is 0 Å². The van der Waals surface area contributed by atoms with Crippen LogP contribution in [-0.4, -0.2) is 25.0 Å². The summed E-state index contributed by atoms with van der Waals surface area (Å²) in [6, 6.07) is 6.83. The fourth-order valence-electron chi connectivity index (χ4n) is 1.23. The van der Waals surface area contributed by atoms with Gasteiger partial charge in [0, 0.05) is 12.2 Å². The second kappa shape index (κ2) is 6.52. The fraction of sp³-hybridized carbons (Fsp3) is 0.333. The lowest BCUT2D eigenvalue weighted by atomic mass is 10.3. The van der Waals surface area contributed by atoms with Crippen LogP contribution in [0.2, 0.25) is 0 Å². The molecular weight excluding hydrogens is 220 g/mol. The van der Waals surface area contributed by atoms with Gasteiger partial charge in [0.15, 0.2) is 0 Å². The first-order valence-corrected chi connectivity index (χ1v) is 5.49. The minimum absolute atomic E-state index is 0.426. The SMILES string of the molecule is CCNC(=O)C(=O)Nc1ccc(OCC)cc1. The van der Waals surface area contributed by atoms with Gasteiger partial charge in [-0.05, 0) is 38.1 Å². The number of anilines is 1. The Labute approximate surface area is 100 Å². The summed E-state index contributed by atoms with van der Waals surface area (Å²) in [6.45, 7) is 4.66. The molecule has 0 bridgehead atoms. The predicted molar refractivity (Wildman–Crippen MR) is 64.9 cm³/mol. The molecule has 0 spiro atoms. The van der Waals surface area contributed by atoms with E-state index in [1.165, 1.54) is 0 Å². The van der Waals surface area contributed by atoms with Gasteiger partial charge in [-0.3, -0.25) is 9.59 Å². The molecule has 0 aliphatic carbocycles. The zero-order valence-electron chi connectivity index (χ0n) is 9.95. The van der Waals surface area contributed by atoms with E-state index in [0.717, 1.165) is 5.75 Å². The summed E-state index contributed by atoms with van der Waals surface area (Å²) in [6.07, 6.45) is 0. The third kappa shape index (κ3) is 4.14. The summed E-state index contributed by atoms with van der Waals surface area (Å²) < 4.78 is 5.26. The van der Waals surface area contributed by atoms with E-state index in [4.69, 9.17) is 4.74 Å². The van der Waals surface area contributed by atoms with Crippen LogP contribution in [0.1, 0.15) is 13.8 Å². The summed E-state index contributed by atoms with van der Waals surface area (Å²) in [7, 11) is 0. The molecule has 17 heavy (non-hydrogen) atoms. The van der Waals surface area contributed by atoms with Crippen molar-refractivity contribution in [2.75, 3.05) is 18.5 Å². The molecule has 0 heterocycles. The average Bonchev–Trinajstić information content (AvgIpc) is 2.32. The van der Waals surface area contributed by atoms with Gasteiger partial charge in [0.25, 0.3) is 0 Å². The quantitative estimate of drug-likeness (QED) is 0.771. The molecule has 0 unspecified atom stereocenters. The van der Waals surface area contributed by atoms with Gasteiger partial charge in [-0.1, -0.05) is 0 Å². The third-order valence-electron chi connectivity index (χ3n) is 1.97. The van der Waals surface area contributed by atoms with E-state index in [-0.39, 0.29) is 0 Å². The average molecular weight is 236 g/mol. The van der Waals surface area contributed by atoms with Gasteiger partial charge in [0.2, 0.25) is 0 Å². The second-order valence-electron chi connectivity index (χ2n) is 3.27. The Balaban J connectivity index is 2.57. The first kappa shape index (κ1) is 13.0. The number of carbonyl (C=O) groups excluding carboxylic acids is 2. The number of benzene rings is 1. The summed E-state index contributed by atoms with van der Waals surface area (Å²) in [5, 5.41) is 4.91. The molecule has 92 valence electrons. The summed E-state index contributed by atoms with van der Waals surface area (Å²) in [5.41, 5.74) is 0.560.